The van der Waals surface area contributed by atoms with Crippen LogP contribution in [0.3, 0.4) is 0 Å². The zero-order valence-corrected chi connectivity index (χ0v) is 14.1. The molecule has 0 aliphatic heterocycles. The van der Waals surface area contributed by atoms with Crippen LogP contribution in [0.15, 0.2) is 48.5 Å². The van der Waals surface area contributed by atoms with Crippen LogP contribution in [0.4, 0.5) is 13.2 Å². The summed E-state index contributed by atoms with van der Waals surface area (Å²) in [6, 6.07) is 9.46. The lowest BCUT2D eigenvalue weighted by atomic mass is 10.1. The maximum atomic E-state index is 14.0. The van der Waals surface area contributed by atoms with Crippen molar-refractivity contribution in [2.45, 2.75) is 5.92 Å². The minimum Gasteiger partial charge on any atom is -0.483 e. The third kappa shape index (κ3) is 5.08. The summed E-state index contributed by atoms with van der Waals surface area (Å²) in [5, 5.41) is 1.48. The number of halogens is 3. The number of para-hydroxylation sites is 1. The molecule has 0 heterocycles. The lowest BCUT2D eigenvalue weighted by molar-refractivity contribution is -0.125. The number of carbonyl (C=O) groups excluding carboxylic acids is 1. The summed E-state index contributed by atoms with van der Waals surface area (Å²) < 4.78 is 57.7. The second-order valence-corrected chi connectivity index (χ2v) is 6.83. The monoisotopic (exact) mass is 389 g/mol. The number of ether oxygens (including phenoxy) is 1. The van der Waals surface area contributed by atoms with Crippen molar-refractivity contribution in [1.82, 2.24) is 5.32 Å². The van der Waals surface area contributed by atoms with Crippen molar-refractivity contribution in [2.75, 3.05) is 13.2 Å². The van der Waals surface area contributed by atoms with E-state index in [2.05, 4.69) is 0 Å². The molecular formula is C16H15F3NO5P. The van der Waals surface area contributed by atoms with Crippen LogP contribution in [-0.4, -0.2) is 28.8 Å². The van der Waals surface area contributed by atoms with Crippen LogP contribution < -0.4 is 15.4 Å². The minimum atomic E-state index is -4.62. The first-order chi connectivity index (χ1) is 12.1. The van der Waals surface area contributed by atoms with Crippen molar-refractivity contribution in [3.05, 3.63) is 59.9 Å². The summed E-state index contributed by atoms with van der Waals surface area (Å²) in [5.41, 5.74) is -0.854. The molecule has 2 aromatic carbocycles. The highest BCUT2D eigenvalue weighted by Gasteiger charge is 2.34. The second kappa shape index (κ2) is 7.90. The van der Waals surface area contributed by atoms with Crippen molar-refractivity contribution in [3.8, 4) is 5.75 Å². The maximum absolute atomic E-state index is 14.0. The third-order valence-corrected chi connectivity index (χ3v) is 4.31. The zero-order valence-electron chi connectivity index (χ0n) is 13.2. The van der Waals surface area contributed by atoms with Gasteiger partial charge in [-0.05, 0) is 18.2 Å². The molecule has 0 aliphatic carbocycles. The SMILES string of the molecule is O=C(COc1ccccc1P(=O)(O)O)NCC(F)(F)c1ccccc1F. The molecule has 0 bridgehead atoms. The molecule has 0 unspecified atom stereocenters. The van der Waals surface area contributed by atoms with Gasteiger partial charge in [-0.2, -0.15) is 8.78 Å². The average Bonchev–Trinajstić information content (AvgIpc) is 2.58. The highest BCUT2D eigenvalue weighted by molar-refractivity contribution is 7.60. The number of carbonyl (C=O) groups is 1. The van der Waals surface area contributed by atoms with Gasteiger partial charge in [-0.15, -0.1) is 0 Å². The van der Waals surface area contributed by atoms with Gasteiger partial charge >= 0.3 is 7.60 Å². The van der Waals surface area contributed by atoms with Crippen LogP contribution in [0.1, 0.15) is 5.56 Å². The molecule has 6 nitrogen and oxygen atoms in total. The molecule has 0 fully saturated rings. The van der Waals surface area contributed by atoms with E-state index in [1.165, 1.54) is 30.3 Å². The van der Waals surface area contributed by atoms with Gasteiger partial charge in [-0.25, -0.2) is 4.39 Å². The predicted molar refractivity (Wildman–Crippen MR) is 86.9 cm³/mol. The highest BCUT2D eigenvalue weighted by atomic mass is 31.2. The van der Waals surface area contributed by atoms with Crippen LogP contribution in [0.2, 0.25) is 0 Å². The number of hydrogen-bond acceptors (Lipinski definition) is 3. The Morgan fingerprint density at radius 3 is 2.38 bits per heavy atom. The fourth-order valence-electron chi connectivity index (χ4n) is 2.08. The Morgan fingerprint density at radius 1 is 1.12 bits per heavy atom. The van der Waals surface area contributed by atoms with Gasteiger partial charge in [0.1, 0.15) is 16.9 Å². The average molecular weight is 389 g/mol. The molecule has 2 aromatic rings. The molecule has 10 heteroatoms. The Bertz CT molecular complexity index is 840. The van der Waals surface area contributed by atoms with Crippen LogP contribution >= 0.6 is 7.60 Å². The number of rotatable bonds is 7. The second-order valence-electron chi connectivity index (χ2n) is 5.26. The van der Waals surface area contributed by atoms with Crippen molar-refractivity contribution >= 4 is 18.8 Å². The number of amides is 1. The van der Waals surface area contributed by atoms with E-state index in [0.717, 1.165) is 18.2 Å². The van der Waals surface area contributed by atoms with E-state index in [9.17, 15) is 32.3 Å². The highest BCUT2D eigenvalue weighted by Crippen LogP contribution is 2.37. The molecule has 0 radical (unpaired) electrons. The molecule has 0 spiro atoms. The van der Waals surface area contributed by atoms with Gasteiger partial charge in [0.25, 0.3) is 11.8 Å². The zero-order chi connectivity index (χ0) is 19.4. The van der Waals surface area contributed by atoms with E-state index in [0.29, 0.717) is 0 Å². The van der Waals surface area contributed by atoms with Gasteiger partial charge in [0.15, 0.2) is 6.61 Å². The molecule has 0 aliphatic rings. The van der Waals surface area contributed by atoms with Crippen molar-refractivity contribution < 1.29 is 37.1 Å². The minimum absolute atomic E-state index is 0.239. The summed E-state index contributed by atoms with van der Waals surface area (Å²) in [7, 11) is -4.62. The third-order valence-electron chi connectivity index (χ3n) is 3.31. The Labute approximate surface area is 146 Å². The Hall–Kier alpha value is -2.35. The Kier molecular flexibility index (Phi) is 6.07. The Balaban J connectivity index is 1.96. The molecule has 2 rings (SSSR count). The van der Waals surface area contributed by atoms with E-state index < -0.39 is 49.3 Å². The predicted octanol–water partition coefficient (Wildman–Crippen LogP) is 1.92. The van der Waals surface area contributed by atoms with Crippen molar-refractivity contribution in [1.29, 1.82) is 0 Å². The largest absolute Gasteiger partial charge is 0.483 e. The van der Waals surface area contributed by atoms with E-state index in [1.807, 2.05) is 5.32 Å². The first-order valence-electron chi connectivity index (χ1n) is 7.29. The first kappa shape index (κ1) is 20.0. The molecule has 1 amide bonds. The van der Waals surface area contributed by atoms with E-state index in [-0.39, 0.29) is 5.75 Å². The standard InChI is InChI=1S/C16H15F3NO5P/c17-12-6-2-1-5-11(12)16(18,19)10-20-15(21)9-25-13-7-3-4-8-14(13)26(22,23)24/h1-8H,9-10H2,(H,20,21)(H2,22,23,24). The number of benzene rings is 2. The van der Waals surface area contributed by atoms with Crippen LogP contribution in [0.5, 0.6) is 5.75 Å². The van der Waals surface area contributed by atoms with Crippen LogP contribution in [0.25, 0.3) is 0 Å². The van der Waals surface area contributed by atoms with Gasteiger partial charge in [0.05, 0.1) is 12.1 Å². The first-order valence-corrected chi connectivity index (χ1v) is 8.90. The molecule has 0 aromatic heterocycles. The fraction of sp³-hybridized carbons (Fsp3) is 0.188. The number of hydrogen-bond donors (Lipinski definition) is 3. The van der Waals surface area contributed by atoms with E-state index in [1.54, 1.807) is 0 Å². The number of nitrogens with one attached hydrogen (secondary N) is 1. The molecular weight excluding hydrogens is 374 g/mol. The quantitative estimate of drug-likeness (QED) is 0.629. The van der Waals surface area contributed by atoms with Gasteiger partial charge in [-0.1, -0.05) is 30.3 Å². The number of alkyl halides is 2. The van der Waals surface area contributed by atoms with Gasteiger partial charge in [0.2, 0.25) is 0 Å². The summed E-state index contributed by atoms with van der Waals surface area (Å²) in [4.78, 5) is 30.1. The summed E-state index contributed by atoms with van der Waals surface area (Å²) >= 11 is 0. The summed E-state index contributed by atoms with van der Waals surface area (Å²) in [6.07, 6.45) is 0. The molecule has 0 saturated heterocycles. The van der Waals surface area contributed by atoms with Gasteiger partial charge in [-0.3, -0.25) is 9.36 Å². The molecule has 0 atom stereocenters. The normalized spacial score (nSPS) is 11.9. The van der Waals surface area contributed by atoms with Crippen LogP contribution in [-0.2, 0) is 15.3 Å². The van der Waals surface area contributed by atoms with E-state index >= 15 is 0 Å². The smallest absolute Gasteiger partial charge is 0.359 e. The van der Waals surface area contributed by atoms with Gasteiger partial charge < -0.3 is 19.8 Å². The fourth-order valence-corrected chi connectivity index (χ4v) is 2.78. The lowest BCUT2D eigenvalue weighted by Crippen LogP contribution is -2.38. The lowest BCUT2D eigenvalue weighted by Gasteiger charge is -2.18. The van der Waals surface area contributed by atoms with Gasteiger partial charge in [0, 0.05) is 0 Å². The maximum Gasteiger partial charge on any atom is 0.359 e. The molecule has 0 saturated carbocycles. The summed E-state index contributed by atoms with van der Waals surface area (Å²) in [5.74, 6) is -5.93. The summed E-state index contributed by atoms with van der Waals surface area (Å²) in [6.45, 7) is -1.90. The molecule has 3 N–H and O–H groups in total. The molecule has 26 heavy (non-hydrogen) atoms. The van der Waals surface area contributed by atoms with Crippen molar-refractivity contribution in [3.63, 3.8) is 0 Å². The molecule has 140 valence electrons. The topological polar surface area (TPSA) is 95.9 Å². The van der Waals surface area contributed by atoms with E-state index in [4.69, 9.17) is 4.74 Å². The Morgan fingerprint density at radius 2 is 1.73 bits per heavy atom. The van der Waals surface area contributed by atoms with Crippen LogP contribution in [0, 0.1) is 5.82 Å². The van der Waals surface area contributed by atoms with Crippen molar-refractivity contribution in [2.24, 2.45) is 0 Å².